The molecule has 2 amide bonds. The first-order valence-electron chi connectivity index (χ1n) is 8.13. The van der Waals surface area contributed by atoms with Gasteiger partial charge in [-0.2, -0.15) is 0 Å². The van der Waals surface area contributed by atoms with E-state index >= 15 is 0 Å². The number of carbonyl (C=O) groups excluding carboxylic acids is 3. The smallest absolute Gasteiger partial charge is 0.347 e. The van der Waals surface area contributed by atoms with Crippen molar-refractivity contribution in [2.75, 3.05) is 25.4 Å². The van der Waals surface area contributed by atoms with Gasteiger partial charge in [0.05, 0.1) is 5.75 Å². The number of rotatable bonds is 9. The van der Waals surface area contributed by atoms with Crippen LogP contribution in [0.2, 0.25) is 0 Å². The second kappa shape index (κ2) is 10.1. The summed E-state index contributed by atoms with van der Waals surface area (Å²) in [7, 11) is 0. The molecule has 1 N–H and O–H groups in total. The highest BCUT2D eigenvalue weighted by molar-refractivity contribution is 8.23. The van der Waals surface area contributed by atoms with Gasteiger partial charge in [0.2, 0.25) is 5.91 Å². The van der Waals surface area contributed by atoms with Crippen LogP contribution in [0, 0.1) is 0 Å². The van der Waals surface area contributed by atoms with Crippen molar-refractivity contribution in [2.45, 2.75) is 19.4 Å². The van der Waals surface area contributed by atoms with Gasteiger partial charge in [-0.1, -0.05) is 49.1 Å². The topological polar surface area (TPSA) is 84.9 Å². The van der Waals surface area contributed by atoms with Gasteiger partial charge in [0.25, 0.3) is 5.91 Å². The van der Waals surface area contributed by atoms with Gasteiger partial charge in [-0.05, 0) is 18.6 Å². The Bertz CT molecular complexity index is 652. The number of hydrogen-bond acceptors (Lipinski definition) is 7. The molecule has 1 heterocycles. The first kappa shape index (κ1) is 20.2. The molecule has 2 rings (SSSR count). The van der Waals surface area contributed by atoms with Crippen LogP contribution in [0.1, 0.15) is 13.3 Å². The van der Waals surface area contributed by atoms with E-state index in [1.807, 2.05) is 6.07 Å². The SMILES string of the molecule is CC[C@@H](Oc1ccccc1)C(=O)OCC(=O)NCCN1C(=O)CSC1=S. The highest BCUT2D eigenvalue weighted by atomic mass is 32.2. The lowest BCUT2D eigenvalue weighted by atomic mass is 10.2. The minimum absolute atomic E-state index is 0.0653. The van der Waals surface area contributed by atoms with E-state index in [2.05, 4.69) is 5.32 Å². The minimum Gasteiger partial charge on any atom is -0.479 e. The van der Waals surface area contributed by atoms with Gasteiger partial charge >= 0.3 is 5.97 Å². The minimum atomic E-state index is -0.776. The average Bonchev–Trinajstić information content (AvgIpc) is 2.97. The summed E-state index contributed by atoms with van der Waals surface area (Å²) in [5.41, 5.74) is 0. The van der Waals surface area contributed by atoms with E-state index in [1.54, 1.807) is 31.2 Å². The molecule has 0 spiro atoms. The van der Waals surface area contributed by atoms with Crippen LogP contribution in [0.3, 0.4) is 0 Å². The predicted octanol–water partition coefficient (Wildman–Crippen LogP) is 1.36. The number of thiocarbonyl (C=S) groups is 1. The Morgan fingerprint density at radius 3 is 2.69 bits per heavy atom. The Labute approximate surface area is 161 Å². The third kappa shape index (κ3) is 5.99. The molecule has 9 heteroatoms. The van der Waals surface area contributed by atoms with Crippen LogP contribution in [0.25, 0.3) is 0 Å². The van der Waals surface area contributed by atoms with Crippen LogP contribution in [0.5, 0.6) is 5.75 Å². The van der Waals surface area contributed by atoms with Gasteiger partial charge < -0.3 is 14.8 Å². The number of nitrogens with zero attached hydrogens (tertiary/aromatic N) is 1. The lowest BCUT2D eigenvalue weighted by Gasteiger charge is -2.17. The number of carbonyl (C=O) groups is 3. The molecule has 7 nitrogen and oxygen atoms in total. The zero-order valence-electron chi connectivity index (χ0n) is 14.3. The highest BCUT2D eigenvalue weighted by Crippen LogP contribution is 2.18. The Kier molecular flexibility index (Phi) is 7.86. The maximum absolute atomic E-state index is 12.1. The quantitative estimate of drug-likeness (QED) is 0.498. The van der Waals surface area contributed by atoms with E-state index in [9.17, 15) is 14.4 Å². The van der Waals surface area contributed by atoms with E-state index in [-0.39, 0.29) is 12.5 Å². The molecule has 140 valence electrons. The van der Waals surface area contributed by atoms with Crippen molar-refractivity contribution in [3.05, 3.63) is 30.3 Å². The van der Waals surface area contributed by atoms with E-state index in [4.69, 9.17) is 21.7 Å². The van der Waals surface area contributed by atoms with Crippen LogP contribution in [-0.4, -0.2) is 58.6 Å². The fraction of sp³-hybridized carbons (Fsp3) is 0.412. The van der Waals surface area contributed by atoms with Gasteiger partial charge in [0.1, 0.15) is 10.1 Å². The summed E-state index contributed by atoms with van der Waals surface area (Å²) in [4.78, 5) is 36.8. The molecule has 0 radical (unpaired) electrons. The molecule has 26 heavy (non-hydrogen) atoms. The number of esters is 1. The van der Waals surface area contributed by atoms with Gasteiger partial charge in [0.15, 0.2) is 12.7 Å². The van der Waals surface area contributed by atoms with Crippen LogP contribution < -0.4 is 10.1 Å². The number of benzene rings is 1. The Balaban J connectivity index is 1.69. The first-order valence-corrected chi connectivity index (χ1v) is 9.52. The van der Waals surface area contributed by atoms with Gasteiger partial charge in [-0.15, -0.1) is 0 Å². The number of ether oxygens (including phenoxy) is 2. The summed E-state index contributed by atoms with van der Waals surface area (Å²) in [6.45, 7) is 1.93. The third-order valence-electron chi connectivity index (χ3n) is 3.50. The molecule has 0 bridgehead atoms. The number of para-hydroxylation sites is 1. The summed E-state index contributed by atoms with van der Waals surface area (Å²) in [6.07, 6.45) is -0.358. The predicted molar refractivity (Wildman–Crippen MR) is 102 cm³/mol. The molecule has 1 aliphatic heterocycles. The summed E-state index contributed by atoms with van der Waals surface area (Å²) in [6, 6.07) is 8.93. The Morgan fingerprint density at radius 2 is 2.08 bits per heavy atom. The van der Waals surface area contributed by atoms with E-state index in [0.717, 1.165) is 0 Å². The monoisotopic (exact) mass is 396 g/mol. The molecule has 1 aromatic rings. The molecular formula is C17H20N2O5S2. The standard InChI is InChI=1S/C17H20N2O5S2/c1-2-13(24-12-6-4-3-5-7-12)16(22)23-10-14(20)18-8-9-19-15(21)11-26-17(19)25/h3-7,13H,2,8-11H2,1H3,(H,18,20)/t13-/m1/s1. The maximum Gasteiger partial charge on any atom is 0.347 e. The molecule has 1 atom stereocenters. The third-order valence-corrected chi connectivity index (χ3v) is 4.93. The van der Waals surface area contributed by atoms with Gasteiger partial charge in [-0.25, -0.2) is 4.79 Å². The van der Waals surface area contributed by atoms with Crippen molar-refractivity contribution >= 4 is 46.1 Å². The average molecular weight is 396 g/mol. The molecule has 0 unspecified atom stereocenters. The molecule has 1 fully saturated rings. The molecule has 0 aromatic heterocycles. The van der Waals surface area contributed by atoms with Crippen LogP contribution in [0.15, 0.2) is 30.3 Å². The molecular weight excluding hydrogens is 376 g/mol. The molecule has 1 saturated heterocycles. The van der Waals surface area contributed by atoms with E-state index in [1.165, 1.54) is 16.7 Å². The molecule has 0 aliphatic carbocycles. The number of nitrogens with one attached hydrogen (secondary N) is 1. The number of hydrogen-bond donors (Lipinski definition) is 1. The summed E-state index contributed by atoms with van der Waals surface area (Å²) in [5, 5.41) is 2.59. The number of amides is 2. The number of thioether (sulfide) groups is 1. The van der Waals surface area contributed by atoms with E-state index < -0.39 is 24.6 Å². The van der Waals surface area contributed by atoms with Crippen LogP contribution in [0.4, 0.5) is 0 Å². The van der Waals surface area contributed by atoms with Crippen molar-refractivity contribution in [3.63, 3.8) is 0 Å². The fourth-order valence-electron chi connectivity index (χ4n) is 2.15. The van der Waals surface area contributed by atoms with Gasteiger partial charge in [-0.3, -0.25) is 14.5 Å². The largest absolute Gasteiger partial charge is 0.479 e. The van der Waals surface area contributed by atoms with Crippen molar-refractivity contribution in [1.82, 2.24) is 10.2 Å². The van der Waals surface area contributed by atoms with Crippen LogP contribution >= 0.6 is 24.0 Å². The lowest BCUT2D eigenvalue weighted by molar-refractivity contribution is -0.155. The van der Waals surface area contributed by atoms with Gasteiger partial charge in [0, 0.05) is 13.1 Å². The summed E-state index contributed by atoms with van der Waals surface area (Å²) < 4.78 is 11.1. The van der Waals surface area contributed by atoms with Crippen LogP contribution in [-0.2, 0) is 19.1 Å². The second-order valence-corrected chi connectivity index (χ2v) is 6.99. The maximum atomic E-state index is 12.1. The highest BCUT2D eigenvalue weighted by Gasteiger charge is 2.26. The van der Waals surface area contributed by atoms with Crippen molar-refractivity contribution in [1.29, 1.82) is 0 Å². The Hall–Kier alpha value is -2.13. The van der Waals surface area contributed by atoms with E-state index in [0.29, 0.717) is 28.8 Å². The van der Waals surface area contributed by atoms with Crippen molar-refractivity contribution in [2.24, 2.45) is 0 Å². The van der Waals surface area contributed by atoms with Crippen molar-refractivity contribution in [3.8, 4) is 5.75 Å². The lowest BCUT2D eigenvalue weighted by Crippen LogP contribution is -2.39. The van der Waals surface area contributed by atoms with Crippen molar-refractivity contribution < 1.29 is 23.9 Å². The first-order chi connectivity index (χ1) is 12.5. The summed E-state index contributed by atoms with van der Waals surface area (Å²) in [5.74, 6) is -0.212. The summed E-state index contributed by atoms with van der Waals surface area (Å²) >= 11 is 6.35. The second-order valence-electron chi connectivity index (χ2n) is 5.39. The molecule has 0 saturated carbocycles. The fourth-order valence-corrected chi connectivity index (χ4v) is 3.27. The zero-order chi connectivity index (χ0) is 18.9. The molecule has 1 aromatic carbocycles. The Morgan fingerprint density at radius 1 is 1.35 bits per heavy atom. The molecule has 1 aliphatic rings. The normalized spacial score (nSPS) is 14.9. The zero-order valence-corrected chi connectivity index (χ0v) is 15.9.